The van der Waals surface area contributed by atoms with E-state index in [0.717, 1.165) is 46.2 Å². The lowest BCUT2D eigenvalue weighted by molar-refractivity contribution is -0.118. The molecule has 0 bridgehead atoms. The standard InChI is InChI=1S/C21H18Cl2N2O/c1-12(16-4-3-7-25-21(16)26)17-8-14(11-24)9-18(13(17)2)15-5-6-19(22)20(23)10-15/h5-6,8-10H,3-4,7H2,1-2H3,(H,25,26)/b16-12+. The molecule has 1 aliphatic rings. The summed E-state index contributed by atoms with van der Waals surface area (Å²) in [6, 6.07) is 11.3. The molecule has 132 valence electrons. The summed E-state index contributed by atoms with van der Waals surface area (Å²) in [6.07, 6.45) is 1.67. The highest BCUT2D eigenvalue weighted by molar-refractivity contribution is 6.42. The van der Waals surface area contributed by atoms with Crippen LogP contribution in [-0.2, 0) is 4.79 Å². The van der Waals surface area contributed by atoms with Gasteiger partial charge in [-0.2, -0.15) is 5.26 Å². The molecule has 0 atom stereocenters. The number of nitriles is 1. The number of benzene rings is 2. The maximum atomic E-state index is 12.2. The lowest BCUT2D eigenvalue weighted by Crippen LogP contribution is -2.31. The van der Waals surface area contributed by atoms with Crippen molar-refractivity contribution < 1.29 is 4.79 Å². The Kier molecular flexibility index (Phi) is 5.36. The summed E-state index contributed by atoms with van der Waals surface area (Å²) in [5.74, 6) is -0.0217. The van der Waals surface area contributed by atoms with Crippen LogP contribution < -0.4 is 5.32 Å². The van der Waals surface area contributed by atoms with E-state index in [2.05, 4.69) is 11.4 Å². The molecule has 1 heterocycles. The molecule has 5 heteroatoms. The Balaban J connectivity index is 2.21. The van der Waals surface area contributed by atoms with Crippen molar-refractivity contribution in [2.45, 2.75) is 26.7 Å². The molecule has 0 aromatic heterocycles. The van der Waals surface area contributed by atoms with Crippen molar-refractivity contribution in [3.8, 4) is 17.2 Å². The van der Waals surface area contributed by atoms with Crippen molar-refractivity contribution in [3.05, 3.63) is 62.6 Å². The first-order valence-electron chi connectivity index (χ1n) is 8.41. The SMILES string of the molecule is C/C(=C1/CCCNC1=O)c1cc(C#N)cc(-c2ccc(Cl)c(Cl)c2)c1C. The Bertz CT molecular complexity index is 971. The quantitative estimate of drug-likeness (QED) is 0.692. The van der Waals surface area contributed by atoms with Crippen LogP contribution in [-0.4, -0.2) is 12.5 Å². The Morgan fingerprint density at radius 3 is 2.62 bits per heavy atom. The van der Waals surface area contributed by atoms with Gasteiger partial charge in [-0.1, -0.05) is 29.3 Å². The fraction of sp³-hybridized carbons (Fsp3) is 0.238. The predicted molar refractivity (Wildman–Crippen MR) is 106 cm³/mol. The number of carbonyl (C=O) groups is 1. The first kappa shape index (κ1) is 18.5. The summed E-state index contributed by atoms with van der Waals surface area (Å²) in [6.45, 7) is 4.66. The largest absolute Gasteiger partial charge is 0.352 e. The number of halogens is 2. The van der Waals surface area contributed by atoms with Crippen LogP contribution in [0.4, 0.5) is 0 Å². The lowest BCUT2D eigenvalue weighted by atomic mass is 9.87. The molecule has 26 heavy (non-hydrogen) atoms. The van der Waals surface area contributed by atoms with Crippen LogP contribution in [0, 0.1) is 18.3 Å². The van der Waals surface area contributed by atoms with E-state index in [1.807, 2.05) is 32.0 Å². The number of hydrogen-bond acceptors (Lipinski definition) is 2. The first-order valence-corrected chi connectivity index (χ1v) is 9.16. The second-order valence-corrected chi connectivity index (χ2v) is 7.21. The van der Waals surface area contributed by atoms with Gasteiger partial charge < -0.3 is 5.32 Å². The zero-order chi connectivity index (χ0) is 18.8. The number of nitrogens with one attached hydrogen (secondary N) is 1. The lowest BCUT2D eigenvalue weighted by Gasteiger charge is -2.20. The van der Waals surface area contributed by atoms with Crippen molar-refractivity contribution in [2.24, 2.45) is 0 Å². The monoisotopic (exact) mass is 384 g/mol. The molecular weight excluding hydrogens is 367 g/mol. The third-order valence-electron chi connectivity index (χ3n) is 4.79. The highest BCUT2D eigenvalue weighted by Crippen LogP contribution is 2.35. The van der Waals surface area contributed by atoms with Gasteiger partial charge in [-0.15, -0.1) is 0 Å². The van der Waals surface area contributed by atoms with Crippen LogP contribution in [0.5, 0.6) is 0 Å². The molecule has 0 spiro atoms. The van der Waals surface area contributed by atoms with Gasteiger partial charge in [0.15, 0.2) is 0 Å². The van der Waals surface area contributed by atoms with Crippen molar-refractivity contribution in [1.82, 2.24) is 5.32 Å². The molecule has 0 aliphatic carbocycles. The first-order chi connectivity index (χ1) is 12.4. The van der Waals surface area contributed by atoms with E-state index in [0.29, 0.717) is 22.2 Å². The number of nitrogens with zero attached hydrogens (tertiary/aromatic N) is 1. The van der Waals surface area contributed by atoms with Crippen LogP contribution in [0.3, 0.4) is 0 Å². The highest BCUT2D eigenvalue weighted by Gasteiger charge is 2.20. The van der Waals surface area contributed by atoms with Crippen molar-refractivity contribution in [3.63, 3.8) is 0 Å². The molecule has 2 aromatic rings. The smallest absolute Gasteiger partial charge is 0.247 e. The van der Waals surface area contributed by atoms with Gasteiger partial charge in [-0.25, -0.2) is 0 Å². The molecule has 2 aromatic carbocycles. The average molecular weight is 385 g/mol. The Morgan fingerprint density at radius 1 is 1.19 bits per heavy atom. The number of amides is 1. The molecule has 1 aliphatic heterocycles. The van der Waals surface area contributed by atoms with E-state index in [-0.39, 0.29) is 5.91 Å². The second kappa shape index (κ2) is 7.53. The van der Waals surface area contributed by atoms with Crippen molar-refractivity contribution in [1.29, 1.82) is 5.26 Å². The molecule has 1 amide bonds. The minimum atomic E-state index is -0.0217. The summed E-state index contributed by atoms with van der Waals surface area (Å²) in [5, 5.41) is 13.3. The van der Waals surface area contributed by atoms with E-state index >= 15 is 0 Å². The predicted octanol–water partition coefficient (Wildman–Crippen LogP) is 5.52. The zero-order valence-corrected chi connectivity index (χ0v) is 16.1. The minimum absolute atomic E-state index is 0.0217. The summed E-state index contributed by atoms with van der Waals surface area (Å²) in [7, 11) is 0. The Hall–Kier alpha value is -2.28. The van der Waals surface area contributed by atoms with Gasteiger partial charge in [-0.3, -0.25) is 4.79 Å². The number of carbonyl (C=O) groups excluding carboxylic acids is 1. The van der Waals surface area contributed by atoms with E-state index < -0.39 is 0 Å². The van der Waals surface area contributed by atoms with Crippen molar-refractivity contribution >= 4 is 34.7 Å². The molecule has 3 nitrogen and oxygen atoms in total. The molecule has 0 unspecified atom stereocenters. The summed E-state index contributed by atoms with van der Waals surface area (Å²) in [4.78, 5) is 12.2. The highest BCUT2D eigenvalue weighted by atomic mass is 35.5. The van der Waals surface area contributed by atoms with Crippen molar-refractivity contribution in [2.75, 3.05) is 6.54 Å². The molecule has 1 N–H and O–H groups in total. The van der Waals surface area contributed by atoms with Gasteiger partial charge in [0.25, 0.3) is 0 Å². The van der Waals surface area contributed by atoms with Gasteiger partial charge in [0.2, 0.25) is 5.91 Å². The maximum absolute atomic E-state index is 12.2. The fourth-order valence-electron chi connectivity index (χ4n) is 3.34. The minimum Gasteiger partial charge on any atom is -0.352 e. The van der Waals surface area contributed by atoms with E-state index in [1.54, 1.807) is 12.1 Å². The van der Waals surface area contributed by atoms with Crippen LogP contribution in [0.1, 0.15) is 36.5 Å². The van der Waals surface area contributed by atoms with Gasteiger partial charge in [0, 0.05) is 12.1 Å². The summed E-state index contributed by atoms with van der Waals surface area (Å²) in [5.41, 5.74) is 5.97. The summed E-state index contributed by atoms with van der Waals surface area (Å²) < 4.78 is 0. The zero-order valence-electron chi connectivity index (χ0n) is 14.6. The number of rotatable bonds is 2. The summed E-state index contributed by atoms with van der Waals surface area (Å²) >= 11 is 12.2. The van der Waals surface area contributed by atoms with E-state index in [1.165, 1.54) is 0 Å². The van der Waals surface area contributed by atoms with Gasteiger partial charge in [0.05, 0.1) is 21.7 Å². The van der Waals surface area contributed by atoms with Gasteiger partial charge in [-0.05, 0) is 78.8 Å². The molecular formula is C21H18Cl2N2O. The van der Waals surface area contributed by atoms with Crippen LogP contribution in [0.25, 0.3) is 16.7 Å². The maximum Gasteiger partial charge on any atom is 0.247 e. The molecule has 1 saturated heterocycles. The molecule has 3 rings (SSSR count). The van der Waals surface area contributed by atoms with Gasteiger partial charge >= 0.3 is 0 Å². The van der Waals surface area contributed by atoms with Crippen LogP contribution in [0.15, 0.2) is 35.9 Å². The Labute approximate surface area is 163 Å². The average Bonchev–Trinajstić information content (AvgIpc) is 2.64. The fourth-order valence-corrected chi connectivity index (χ4v) is 3.64. The van der Waals surface area contributed by atoms with Crippen LogP contribution >= 0.6 is 23.2 Å². The van der Waals surface area contributed by atoms with Gasteiger partial charge in [0.1, 0.15) is 0 Å². The number of piperidine rings is 1. The second-order valence-electron chi connectivity index (χ2n) is 6.40. The van der Waals surface area contributed by atoms with Crippen LogP contribution in [0.2, 0.25) is 10.0 Å². The van der Waals surface area contributed by atoms with E-state index in [9.17, 15) is 10.1 Å². The number of allylic oxidation sites excluding steroid dienone is 1. The Morgan fingerprint density at radius 2 is 1.96 bits per heavy atom. The molecule has 0 radical (unpaired) electrons. The number of hydrogen-bond donors (Lipinski definition) is 1. The topological polar surface area (TPSA) is 52.9 Å². The molecule has 0 saturated carbocycles. The third kappa shape index (κ3) is 3.49. The normalized spacial score (nSPS) is 16.0. The molecule has 1 fully saturated rings. The third-order valence-corrected chi connectivity index (χ3v) is 5.53. The van der Waals surface area contributed by atoms with E-state index in [4.69, 9.17) is 23.2 Å².